The van der Waals surface area contributed by atoms with Gasteiger partial charge in [-0.15, -0.1) is 0 Å². The fourth-order valence-corrected chi connectivity index (χ4v) is 6.38. The van der Waals surface area contributed by atoms with Crippen molar-refractivity contribution < 1.29 is 18.0 Å². The second-order valence-corrected chi connectivity index (χ2v) is 12.7. The Bertz CT molecular complexity index is 1590. The summed E-state index contributed by atoms with van der Waals surface area (Å²) in [6, 6.07) is 30.3. The molecule has 1 unspecified atom stereocenters. The number of sulfonamides is 1. The normalized spacial score (nSPS) is 11.9. The molecule has 7 nitrogen and oxygen atoms in total. The van der Waals surface area contributed by atoms with Gasteiger partial charge in [0.25, 0.3) is 10.0 Å². The number of nitrogens with zero attached hydrogens (tertiary/aromatic N) is 2. The predicted octanol–water partition coefficient (Wildman–Crippen LogP) is 5.53. The van der Waals surface area contributed by atoms with Gasteiger partial charge in [0.2, 0.25) is 11.8 Å². The Hall–Kier alpha value is -3.41. The first kappa shape index (κ1) is 30.5. The second kappa shape index (κ2) is 14.0. The van der Waals surface area contributed by atoms with Gasteiger partial charge in [0, 0.05) is 28.6 Å². The summed E-state index contributed by atoms with van der Waals surface area (Å²) in [5.41, 5.74) is 1.82. The predicted molar refractivity (Wildman–Crippen MR) is 170 cm³/mol. The van der Waals surface area contributed by atoms with Crippen molar-refractivity contribution in [3.8, 4) is 0 Å². The molecular formula is C31H29ClIN3O4S. The van der Waals surface area contributed by atoms with Crippen molar-refractivity contribution in [2.75, 3.05) is 17.9 Å². The van der Waals surface area contributed by atoms with Gasteiger partial charge in [-0.2, -0.15) is 0 Å². The van der Waals surface area contributed by atoms with Crippen molar-refractivity contribution in [1.29, 1.82) is 0 Å². The van der Waals surface area contributed by atoms with E-state index in [4.69, 9.17) is 11.6 Å². The topological polar surface area (TPSA) is 86.8 Å². The van der Waals surface area contributed by atoms with Crippen LogP contribution >= 0.6 is 34.2 Å². The van der Waals surface area contributed by atoms with Crippen LogP contribution in [0.3, 0.4) is 0 Å². The van der Waals surface area contributed by atoms with E-state index in [9.17, 15) is 18.0 Å². The van der Waals surface area contributed by atoms with Crippen LogP contribution in [0.25, 0.3) is 0 Å². The van der Waals surface area contributed by atoms with Crippen molar-refractivity contribution in [2.24, 2.45) is 0 Å². The summed E-state index contributed by atoms with van der Waals surface area (Å²) >= 11 is 8.61. The Morgan fingerprint density at radius 2 is 1.44 bits per heavy atom. The average Bonchev–Trinajstić information content (AvgIpc) is 2.99. The number of halogens is 2. The number of nitrogens with one attached hydrogen (secondary N) is 1. The molecule has 4 aromatic rings. The van der Waals surface area contributed by atoms with Crippen LogP contribution in [0.15, 0.2) is 114 Å². The van der Waals surface area contributed by atoms with Crippen molar-refractivity contribution in [3.05, 3.63) is 129 Å². The van der Waals surface area contributed by atoms with E-state index in [1.807, 2.05) is 30.3 Å². The Kier molecular flexibility index (Phi) is 10.4. The molecule has 0 aromatic heterocycles. The maximum Gasteiger partial charge on any atom is 0.264 e. The third kappa shape index (κ3) is 7.66. The molecular weight excluding hydrogens is 673 g/mol. The fourth-order valence-electron chi connectivity index (χ4n) is 4.39. The SMILES string of the molecule is CNC(=O)C(Cc1ccccc1)N(Cc1ccccc1Cl)C(=O)CN(c1ccc(I)cc1)S(=O)(=O)c1ccccc1. The summed E-state index contributed by atoms with van der Waals surface area (Å²) in [6.45, 7) is -0.514. The minimum Gasteiger partial charge on any atom is -0.357 e. The highest BCUT2D eigenvalue weighted by atomic mass is 127. The van der Waals surface area contributed by atoms with E-state index in [-0.39, 0.29) is 23.8 Å². The lowest BCUT2D eigenvalue weighted by Gasteiger charge is -2.33. The van der Waals surface area contributed by atoms with Crippen molar-refractivity contribution in [3.63, 3.8) is 0 Å². The Morgan fingerprint density at radius 1 is 0.854 bits per heavy atom. The number of likely N-dealkylation sites (N-methyl/N-ethyl adjacent to an activating group) is 1. The van der Waals surface area contributed by atoms with E-state index in [0.29, 0.717) is 16.3 Å². The lowest BCUT2D eigenvalue weighted by Crippen LogP contribution is -2.53. The Labute approximate surface area is 259 Å². The number of carbonyl (C=O) groups excluding carboxylic acids is 2. The summed E-state index contributed by atoms with van der Waals surface area (Å²) in [6.07, 6.45) is 0.228. The molecule has 2 amide bonds. The summed E-state index contributed by atoms with van der Waals surface area (Å²) in [7, 11) is -2.62. The minimum atomic E-state index is -4.13. The molecule has 4 aromatic carbocycles. The molecule has 41 heavy (non-hydrogen) atoms. The van der Waals surface area contributed by atoms with E-state index >= 15 is 0 Å². The van der Waals surface area contributed by atoms with Crippen molar-refractivity contribution >= 4 is 61.7 Å². The van der Waals surface area contributed by atoms with Gasteiger partial charge in [-0.05, 0) is 76.2 Å². The van der Waals surface area contributed by atoms with E-state index in [2.05, 4.69) is 27.9 Å². The molecule has 0 spiro atoms. The van der Waals surface area contributed by atoms with Crippen molar-refractivity contribution in [2.45, 2.75) is 23.9 Å². The van der Waals surface area contributed by atoms with Gasteiger partial charge in [-0.1, -0.05) is 78.3 Å². The van der Waals surface area contributed by atoms with Gasteiger partial charge in [0.05, 0.1) is 10.6 Å². The number of hydrogen-bond acceptors (Lipinski definition) is 4. The molecule has 0 fully saturated rings. The quantitative estimate of drug-likeness (QED) is 0.209. The van der Waals surface area contributed by atoms with Crippen LogP contribution in [0.4, 0.5) is 5.69 Å². The van der Waals surface area contributed by atoms with Crippen LogP contribution in [0, 0.1) is 3.57 Å². The molecule has 0 bridgehead atoms. The number of benzene rings is 4. The maximum absolute atomic E-state index is 14.2. The first-order chi connectivity index (χ1) is 19.7. The molecule has 212 valence electrons. The third-order valence-electron chi connectivity index (χ3n) is 6.54. The molecule has 10 heteroatoms. The summed E-state index contributed by atoms with van der Waals surface area (Å²) in [4.78, 5) is 29.0. The Balaban J connectivity index is 1.78. The lowest BCUT2D eigenvalue weighted by atomic mass is 10.0. The fraction of sp³-hybridized carbons (Fsp3) is 0.161. The first-order valence-corrected chi connectivity index (χ1v) is 15.7. The zero-order chi connectivity index (χ0) is 29.4. The van der Waals surface area contributed by atoms with Gasteiger partial charge in [0.1, 0.15) is 12.6 Å². The van der Waals surface area contributed by atoms with Crippen LogP contribution in [0.5, 0.6) is 0 Å². The summed E-state index contributed by atoms with van der Waals surface area (Å²) < 4.78 is 29.8. The number of anilines is 1. The number of hydrogen-bond donors (Lipinski definition) is 1. The maximum atomic E-state index is 14.2. The highest BCUT2D eigenvalue weighted by Crippen LogP contribution is 2.26. The van der Waals surface area contributed by atoms with Gasteiger partial charge in [-0.3, -0.25) is 13.9 Å². The standard InChI is InChI=1S/C31H29ClIN3O4S/c1-34-31(38)29(20-23-10-4-2-5-11-23)35(21-24-12-8-9-15-28(24)32)30(37)22-36(26-18-16-25(33)17-19-26)41(39,40)27-13-6-3-7-14-27/h2-19,29H,20-22H2,1H3,(H,34,38). The molecule has 1 N–H and O–H groups in total. The van der Waals surface area contributed by atoms with Gasteiger partial charge >= 0.3 is 0 Å². The number of rotatable bonds is 11. The average molecular weight is 702 g/mol. The summed E-state index contributed by atoms with van der Waals surface area (Å²) in [5, 5.41) is 3.11. The van der Waals surface area contributed by atoms with Crippen molar-refractivity contribution in [1.82, 2.24) is 10.2 Å². The first-order valence-electron chi connectivity index (χ1n) is 12.8. The molecule has 0 saturated carbocycles. The molecule has 1 atom stereocenters. The third-order valence-corrected chi connectivity index (χ3v) is 9.42. The molecule has 0 aliphatic heterocycles. The van der Waals surface area contributed by atoms with E-state index in [0.717, 1.165) is 13.4 Å². The van der Waals surface area contributed by atoms with Crippen LogP contribution in [-0.4, -0.2) is 44.8 Å². The van der Waals surface area contributed by atoms with Crippen LogP contribution in [0.2, 0.25) is 5.02 Å². The zero-order valence-electron chi connectivity index (χ0n) is 22.3. The highest BCUT2D eigenvalue weighted by molar-refractivity contribution is 14.1. The molecule has 0 aliphatic rings. The molecule has 0 aliphatic carbocycles. The largest absolute Gasteiger partial charge is 0.357 e. The summed E-state index contributed by atoms with van der Waals surface area (Å²) in [5.74, 6) is -0.923. The Morgan fingerprint density at radius 3 is 2.05 bits per heavy atom. The van der Waals surface area contributed by atoms with Gasteiger partial charge in [-0.25, -0.2) is 8.42 Å². The van der Waals surface area contributed by atoms with Crippen LogP contribution in [-0.2, 0) is 32.6 Å². The smallest absolute Gasteiger partial charge is 0.264 e. The monoisotopic (exact) mass is 701 g/mol. The lowest BCUT2D eigenvalue weighted by molar-refractivity contribution is -0.139. The van der Waals surface area contributed by atoms with Gasteiger partial charge < -0.3 is 10.2 Å². The van der Waals surface area contributed by atoms with Gasteiger partial charge in [0.15, 0.2) is 0 Å². The van der Waals surface area contributed by atoms with Crippen LogP contribution < -0.4 is 9.62 Å². The molecule has 0 radical (unpaired) electrons. The van der Waals surface area contributed by atoms with E-state index < -0.39 is 28.5 Å². The molecule has 0 heterocycles. The second-order valence-electron chi connectivity index (χ2n) is 9.23. The zero-order valence-corrected chi connectivity index (χ0v) is 26.0. The van der Waals surface area contributed by atoms with E-state index in [1.54, 1.807) is 66.7 Å². The number of amides is 2. The molecule has 0 saturated heterocycles. The molecule has 4 rings (SSSR count). The highest BCUT2D eigenvalue weighted by Gasteiger charge is 2.34. The number of carbonyl (C=O) groups is 2. The van der Waals surface area contributed by atoms with Crippen LogP contribution in [0.1, 0.15) is 11.1 Å². The van der Waals surface area contributed by atoms with E-state index in [1.165, 1.54) is 24.1 Å². The minimum absolute atomic E-state index is 0.00927.